The molecule has 2 aromatic carbocycles. The number of nitrogens with zero attached hydrogens (tertiary/aromatic N) is 4. The molecule has 0 saturated carbocycles. The van der Waals surface area contributed by atoms with Crippen molar-refractivity contribution in [1.82, 2.24) is 25.5 Å². The molecule has 1 fully saturated rings. The summed E-state index contributed by atoms with van der Waals surface area (Å²) in [5, 5.41) is 11.0. The quantitative estimate of drug-likeness (QED) is 0.349. The fourth-order valence-corrected chi connectivity index (χ4v) is 4.74. The van der Waals surface area contributed by atoms with Crippen LogP contribution < -0.4 is 21.7 Å². The Morgan fingerprint density at radius 3 is 2.71 bits per heavy atom. The van der Waals surface area contributed by atoms with E-state index in [9.17, 15) is 4.79 Å². The van der Waals surface area contributed by atoms with Crippen LogP contribution in [0.4, 0.5) is 17.6 Å². The van der Waals surface area contributed by atoms with E-state index >= 15 is 0 Å². The van der Waals surface area contributed by atoms with Crippen molar-refractivity contribution in [3.63, 3.8) is 0 Å². The first-order chi connectivity index (χ1) is 16.9. The van der Waals surface area contributed by atoms with Gasteiger partial charge in [-0.15, -0.1) is 0 Å². The molecule has 0 spiro atoms. The van der Waals surface area contributed by atoms with Gasteiger partial charge in [0.1, 0.15) is 5.82 Å². The molecule has 6 N–H and O–H groups in total. The Hall–Kier alpha value is -4.14. The minimum absolute atomic E-state index is 0.0516. The molecular formula is C26H30N8O. The SMILES string of the molecule is C[C@@H]1CC[C@H](C(=O)N[C@H](C)c2ccccc2)CN1c1cc(-c2ccc3c(N)n[nH]c3c2)nc(N)n1. The molecule has 1 aliphatic rings. The van der Waals surface area contributed by atoms with Crippen LogP contribution in [0.2, 0.25) is 0 Å². The molecule has 1 aliphatic heterocycles. The Bertz CT molecular complexity index is 1350. The molecule has 0 radical (unpaired) electrons. The third kappa shape index (κ3) is 4.62. The van der Waals surface area contributed by atoms with Crippen molar-refractivity contribution in [2.24, 2.45) is 5.92 Å². The van der Waals surface area contributed by atoms with E-state index in [2.05, 4.69) is 37.3 Å². The maximum atomic E-state index is 13.1. The van der Waals surface area contributed by atoms with Crippen molar-refractivity contribution in [2.75, 3.05) is 22.9 Å². The predicted octanol–water partition coefficient (Wildman–Crippen LogP) is 3.67. The second-order valence-corrected chi connectivity index (χ2v) is 9.26. The molecule has 0 unspecified atom stereocenters. The molecule has 180 valence electrons. The Kier molecular flexibility index (Phi) is 5.98. The number of aromatic nitrogens is 4. The smallest absolute Gasteiger partial charge is 0.225 e. The standard InChI is InChI=1S/C26H30N8O/c1-15-8-9-19(25(35)29-16(2)17-6-4-3-5-7-17)14-34(15)23-13-21(30-26(28)31-23)18-10-11-20-22(12-18)32-33-24(20)27/h3-7,10-13,15-16,19H,8-9,14H2,1-2H3,(H,29,35)(H3,27,32,33)(H2,28,30,31)/t15-,16-,19+/m1/s1. The van der Waals surface area contributed by atoms with Gasteiger partial charge in [-0.3, -0.25) is 9.89 Å². The van der Waals surface area contributed by atoms with Crippen molar-refractivity contribution in [2.45, 2.75) is 38.8 Å². The number of hydrogen-bond donors (Lipinski definition) is 4. The largest absolute Gasteiger partial charge is 0.382 e. The summed E-state index contributed by atoms with van der Waals surface area (Å²) < 4.78 is 0. The third-order valence-electron chi connectivity index (χ3n) is 6.82. The molecule has 1 amide bonds. The number of hydrogen-bond acceptors (Lipinski definition) is 7. The number of amides is 1. The first kappa shape index (κ1) is 22.6. The van der Waals surface area contributed by atoms with Gasteiger partial charge in [-0.1, -0.05) is 36.4 Å². The fourth-order valence-electron chi connectivity index (χ4n) is 4.74. The number of rotatable bonds is 5. The lowest BCUT2D eigenvalue weighted by Gasteiger charge is -2.38. The fraction of sp³-hybridized carbons (Fsp3) is 0.308. The Balaban J connectivity index is 1.37. The Morgan fingerprint density at radius 1 is 1.11 bits per heavy atom. The first-order valence-corrected chi connectivity index (χ1v) is 11.9. The van der Waals surface area contributed by atoms with Crippen LogP contribution in [0.25, 0.3) is 22.2 Å². The van der Waals surface area contributed by atoms with Crippen molar-refractivity contribution in [3.8, 4) is 11.3 Å². The van der Waals surface area contributed by atoms with Gasteiger partial charge in [0.15, 0.2) is 5.82 Å². The number of nitrogen functional groups attached to an aromatic ring is 2. The second-order valence-electron chi connectivity index (χ2n) is 9.26. The van der Waals surface area contributed by atoms with E-state index in [4.69, 9.17) is 11.5 Å². The van der Waals surface area contributed by atoms with Crippen molar-refractivity contribution < 1.29 is 4.79 Å². The highest BCUT2D eigenvalue weighted by Crippen LogP contribution is 2.31. The van der Waals surface area contributed by atoms with Gasteiger partial charge in [-0.05, 0) is 44.4 Å². The number of carbonyl (C=O) groups excluding carboxylic acids is 1. The second kappa shape index (κ2) is 9.25. The molecule has 9 nitrogen and oxygen atoms in total. The summed E-state index contributed by atoms with van der Waals surface area (Å²) in [5.41, 5.74) is 15.5. The van der Waals surface area contributed by atoms with E-state index in [1.807, 2.05) is 61.5 Å². The highest BCUT2D eigenvalue weighted by atomic mass is 16.2. The predicted molar refractivity (Wildman–Crippen MR) is 138 cm³/mol. The van der Waals surface area contributed by atoms with Crippen LogP contribution in [-0.4, -0.2) is 38.7 Å². The van der Waals surface area contributed by atoms with E-state index < -0.39 is 0 Å². The highest BCUT2D eigenvalue weighted by molar-refractivity contribution is 5.91. The number of carbonyl (C=O) groups is 1. The van der Waals surface area contributed by atoms with Gasteiger partial charge in [-0.2, -0.15) is 10.1 Å². The normalized spacial score (nSPS) is 19.0. The summed E-state index contributed by atoms with van der Waals surface area (Å²) in [6.45, 7) is 4.73. The minimum Gasteiger partial charge on any atom is -0.382 e. The van der Waals surface area contributed by atoms with E-state index in [-0.39, 0.29) is 29.9 Å². The molecular weight excluding hydrogens is 440 g/mol. The van der Waals surface area contributed by atoms with Crippen LogP contribution in [0.3, 0.4) is 0 Å². The summed E-state index contributed by atoms with van der Waals surface area (Å²) in [4.78, 5) is 24.3. The van der Waals surface area contributed by atoms with Gasteiger partial charge < -0.3 is 21.7 Å². The molecule has 35 heavy (non-hydrogen) atoms. The first-order valence-electron chi connectivity index (χ1n) is 11.9. The average Bonchev–Trinajstić information content (AvgIpc) is 3.24. The lowest BCUT2D eigenvalue weighted by molar-refractivity contribution is -0.126. The lowest BCUT2D eigenvalue weighted by atomic mass is 9.92. The van der Waals surface area contributed by atoms with Gasteiger partial charge >= 0.3 is 0 Å². The maximum absolute atomic E-state index is 13.1. The van der Waals surface area contributed by atoms with Crippen LogP contribution in [0, 0.1) is 5.92 Å². The monoisotopic (exact) mass is 470 g/mol. The third-order valence-corrected chi connectivity index (χ3v) is 6.82. The van der Waals surface area contributed by atoms with Crippen LogP contribution in [0.5, 0.6) is 0 Å². The number of anilines is 3. The van der Waals surface area contributed by atoms with Crippen LogP contribution >= 0.6 is 0 Å². The van der Waals surface area contributed by atoms with Crippen LogP contribution in [0.15, 0.2) is 54.6 Å². The minimum atomic E-state index is -0.138. The van der Waals surface area contributed by atoms with Gasteiger partial charge in [0.05, 0.1) is 23.2 Å². The van der Waals surface area contributed by atoms with Crippen LogP contribution in [0.1, 0.15) is 38.3 Å². The number of H-pyrrole nitrogens is 1. The Morgan fingerprint density at radius 2 is 1.91 bits per heavy atom. The summed E-state index contributed by atoms with van der Waals surface area (Å²) in [6, 6.07) is 17.9. The molecule has 0 bridgehead atoms. The van der Waals surface area contributed by atoms with Crippen molar-refractivity contribution >= 4 is 34.4 Å². The van der Waals surface area contributed by atoms with Gasteiger partial charge in [0.2, 0.25) is 11.9 Å². The highest BCUT2D eigenvalue weighted by Gasteiger charge is 2.31. The summed E-state index contributed by atoms with van der Waals surface area (Å²) in [6.07, 6.45) is 1.72. The summed E-state index contributed by atoms with van der Waals surface area (Å²) in [7, 11) is 0. The van der Waals surface area contributed by atoms with Gasteiger partial charge in [-0.25, -0.2) is 4.98 Å². The maximum Gasteiger partial charge on any atom is 0.225 e. The van der Waals surface area contributed by atoms with Crippen LogP contribution in [-0.2, 0) is 4.79 Å². The molecule has 4 aromatic rings. The van der Waals surface area contributed by atoms with E-state index in [1.165, 1.54) is 0 Å². The zero-order chi connectivity index (χ0) is 24.5. The molecule has 0 aliphatic carbocycles. The summed E-state index contributed by atoms with van der Waals surface area (Å²) in [5.74, 6) is 1.29. The van der Waals surface area contributed by atoms with Crippen molar-refractivity contribution in [3.05, 3.63) is 60.2 Å². The zero-order valence-corrected chi connectivity index (χ0v) is 19.9. The average molecular weight is 471 g/mol. The molecule has 5 rings (SSSR count). The molecule has 2 aromatic heterocycles. The molecule has 3 heterocycles. The number of benzene rings is 2. The lowest BCUT2D eigenvalue weighted by Crippen LogP contribution is -2.47. The van der Waals surface area contributed by atoms with E-state index in [1.54, 1.807) is 0 Å². The van der Waals surface area contributed by atoms with Crippen molar-refractivity contribution in [1.29, 1.82) is 0 Å². The number of nitrogens with two attached hydrogens (primary N) is 2. The molecule has 9 heteroatoms. The van der Waals surface area contributed by atoms with E-state index in [0.717, 1.165) is 40.7 Å². The number of piperidine rings is 1. The molecule has 3 atom stereocenters. The number of aromatic amines is 1. The van der Waals surface area contributed by atoms with Gasteiger partial charge in [0, 0.05) is 29.6 Å². The number of fused-ring (bicyclic) bond motifs is 1. The van der Waals surface area contributed by atoms with Gasteiger partial charge in [0.25, 0.3) is 0 Å². The zero-order valence-electron chi connectivity index (χ0n) is 19.9. The topological polar surface area (TPSA) is 139 Å². The number of nitrogens with one attached hydrogen (secondary N) is 2. The Labute approximate surface area is 203 Å². The molecule has 1 saturated heterocycles. The summed E-state index contributed by atoms with van der Waals surface area (Å²) >= 11 is 0. The van der Waals surface area contributed by atoms with E-state index in [0.29, 0.717) is 18.1 Å².